The maximum absolute atomic E-state index is 11.0. The highest BCUT2D eigenvalue weighted by Crippen LogP contribution is 2.28. The fourth-order valence-corrected chi connectivity index (χ4v) is 1.78. The molecule has 1 aromatic carbocycles. The molecule has 1 aromatic rings. The Morgan fingerprint density at radius 2 is 2.11 bits per heavy atom. The van der Waals surface area contributed by atoms with E-state index >= 15 is 0 Å². The van der Waals surface area contributed by atoms with Crippen LogP contribution in [0.25, 0.3) is 0 Å². The van der Waals surface area contributed by atoms with Crippen molar-refractivity contribution in [1.82, 2.24) is 0 Å². The molecule has 0 radical (unpaired) electrons. The van der Waals surface area contributed by atoms with Gasteiger partial charge in [0.25, 0.3) is 5.69 Å². The maximum atomic E-state index is 11.0. The number of nitrogens with one attached hydrogen (secondary N) is 1. The molecule has 0 aliphatic heterocycles. The molecule has 0 saturated carbocycles. The Bertz CT molecular complexity index is 430. The summed E-state index contributed by atoms with van der Waals surface area (Å²) in [6.45, 7) is 8.82. The smallest absolute Gasteiger partial charge is 0.292 e. The summed E-state index contributed by atoms with van der Waals surface area (Å²) >= 11 is 0. The van der Waals surface area contributed by atoms with Crippen LogP contribution in [0.5, 0.6) is 0 Å². The number of hydrogen-bond acceptors (Lipinski definition) is 4. The highest BCUT2D eigenvalue weighted by atomic mass is 16.6. The van der Waals surface area contributed by atoms with Gasteiger partial charge < -0.3 is 10.1 Å². The van der Waals surface area contributed by atoms with Gasteiger partial charge in [0.15, 0.2) is 0 Å². The molecule has 1 rings (SSSR count). The number of anilines is 1. The van der Waals surface area contributed by atoms with Crippen LogP contribution in [0.4, 0.5) is 11.4 Å². The Kier molecular flexibility index (Phi) is 4.67. The zero-order valence-corrected chi connectivity index (χ0v) is 11.3. The molecule has 0 spiro atoms. The molecular formula is C13H20N2O3. The van der Waals surface area contributed by atoms with Gasteiger partial charge in [-0.3, -0.25) is 10.1 Å². The summed E-state index contributed by atoms with van der Waals surface area (Å²) in [6.07, 6.45) is 0. The van der Waals surface area contributed by atoms with Crippen molar-refractivity contribution in [2.45, 2.75) is 33.3 Å². The summed E-state index contributed by atoms with van der Waals surface area (Å²) in [4.78, 5) is 10.6. The van der Waals surface area contributed by atoms with E-state index in [1.54, 1.807) is 6.07 Å². The summed E-state index contributed by atoms with van der Waals surface area (Å²) < 4.78 is 5.56. The van der Waals surface area contributed by atoms with E-state index in [1.807, 2.05) is 33.8 Å². The Morgan fingerprint density at radius 1 is 1.44 bits per heavy atom. The number of para-hydroxylation sites is 1. The summed E-state index contributed by atoms with van der Waals surface area (Å²) in [6, 6.07) is 5.04. The highest BCUT2D eigenvalue weighted by molar-refractivity contribution is 5.66. The second-order valence-electron chi connectivity index (χ2n) is 4.77. The molecule has 0 aliphatic carbocycles. The van der Waals surface area contributed by atoms with Crippen molar-refractivity contribution in [3.63, 3.8) is 0 Å². The Labute approximate surface area is 107 Å². The summed E-state index contributed by atoms with van der Waals surface area (Å²) in [5, 5.41) is 14.1. The van der Waals surface area contributed by atoms with Gasteiger partial charge in [0.05, 0.1) is 10.5 Å². The van der Waals surface area contributed by atoms with E-state index in [2.05, 4.69) is 5.32 Å². The first kappa shape index (κ1) is 14.4. The van der Waals surface area contributed by atoms with E-state index in [1.165, 1.54) is 6.07 Å². The van der Waals surface area contributed by atoms with Gasteiger partial charge in [0.2, 0.25) is 0 Å². The number of nitrogens with zero attached hydrogens (tertiary/aromatic N) is 1. The van der Waals surface area contributed by atoms with Crippen LogP contribution in [0.2, 0.25) is 0 Å². The van der Waals surface area contributed by atoms with Crippen LogP contribution in [0, 0.1) is 17.0 Å². The van der Waals surface area contributed by atoms with Crippen LogP contribution in [-0.2, 0) is 4.74 Å². The Balaban J connectivity index is 2.87. The molecule has 0 saturated heterocycles. The number of nitro groups is 1. The quantitative estimate of drug-likeness (QED) is 0.624. The molecule has 0 aromatic heterocycles. The first-order chi connectivity index (χ1) is 8.37. The Morgan fingerprint density at radius 3 is 2.67 bits per heavy atom. The van der Waals surface area contributed by atoms with E-state index in [4.69, 9.17) is 4.74 Å². The van der Waals surface area contributed by atoms with Crippen LogP contribution in [0.15, 0.2) is 18.2 Å². The molecular weight excluding hydrogens is 232 g/mol. The average Bonchev–Trinajstić information content (AvgIpc) is 2.26. The van der Waals surface area contributed by atoms with Gasteiger partial charge in [-0.15, -0.1) is 0 Å². The predicted molar refractivity (Wildman–Crippen MR) is 72.0 cm³/mol. The molecule has 0 heterocycles. The minimum atomic E-state index is -0.372. The van der Waals surface area contributed by atoms with Crippen LogP contribution >= 0.6 is 0 Å². The predicted octanol–water partition coefficient (Wildman–Crippen LogP) is 3.13. The third kappa shape index (κ3) is 3.70. The number of aryl methyl sites for hydroxylation is 1. The van der Waals surface area contributed by atoms with Crippen molar-refractivity contribution in [3.05, 3.63) is 33.9 Å². The number of ether oxygens (including phenoxy) is 1. The third-order valence-corrected chi connectivity index (χ3v) is 2.67. The average molecular weight is 252 g/mol. The molecule has 18 heavy (non-hydrogen) atoms. The van der Waals surface area contributed by atoms with Crippen molar-refractivity contribution in [1.29, 1.82) is 0 Å². The standard InChI is InChI=1S/C13H20N2O3/c1-5-18-13(3,4)9-14-12-10(2)7-6-8-11(12)15(16)17/h6-8,14H,5,9H2,1-4H3. The van der Waals surface area contributed by atoms with Gasteiger partial charge >= 0.3 is 0 Å². The molecule has 0 unspecified atom stereocenters. The SMILES string of the molecule is CCOC(C)(C)CNc1c(C)cccc1[N+](=O)[O-]. The van der Waals surface area contributed by atoms with Gasteiger partial charge in [-0.1, -0.05) is 12.1 Å². The van der Waals surface area contributed by atoms with Gasteiger partial charge in [-0.2, -0.15) is 0 Å². The van der Waals surface area contributed by atoms with Gasteiger partial charge in [0.1, 0.15) is 5.69 Å². The largest absolute Gasteiger partial charge is 0.376 e. The first-order valence-electron chi connectivity index (χ1n) is 5.99. The molecule has 1 N–H and O–H groups in total. The van der Waals surface area contributed by atoms with Crippen molar-refractivity contribution >= 4 is 11.4 Å². The molecule has 5 nitrogen and oxygen atoms in total. The van der Waals surface area contributed by atoms with E-state index in [-0.39, 0.29) is 16.2 Å². The fourth-order valence-electron chi connectivity index (χ4n) is 1.78. The van der Waals surface area contributed by atoms with E-state index < -0.39 is 0 Å². The maximum Gasteiger partial charge on any atom is 0.292 e. The summed E-state index contributed by atoms with van der Waals surface area (Å²) in [5.74, 6) is 0. The number of rotatable bonds is 6. The molecule has 5 heteroatoms. The van der Waals surface area contributed by atoms with E-state index in [9.17, 15) is 10.1 Å². The van der Waals surface area contributed by atoms with Crippen molar-refractivity contribution < 1.29 is 9.66 Å². The van der Waals surface area contributed by atoms with Crippen molar-refractivity contribution in [3.8, 4) is 0 Å². The number of benzene rings is 1. The highest BCUT2D eigenvalue weighted by Gasteiger charge is 2.21. The second kappa shape index (κ2) is 5.82. The van der Waals surface area contributed by atoms with Crippen LogP contribution in [-0.4, -0.2) is 23.7 Å². The molecule has 0 atom stereocenters. The van der Waals surface area contributed by atoms with E-state index in [0.717, 1.165) is 5.56 Å². The van der Waals surface area contributed by atoms with Crippen molar-refractivity contribution in [2.75, 3.05) is 18.5 Å². The number of nitro benzene ring substituents is 1. The van der Waals surface area contributed by atoms with Crippen molar-refractivity contribution in [2.24, 2.45) is 0 Å². The van der Waals surface area contributed by atoms with Crippen LogP contribution < -0.4 is 5.32 Å². The topological polar surface area (TPSA) is 64.4 Å². The fraction of sp³-hybridized carbons (Fsp3) is 0.538. The monoisotopic (exact) mass is 252 g/mol. The second-order valence-corrected chi connectivity index (χ2v) is 4.77. The van der Waals surface area contributed by atoms with Crippen LogP contribution in [0.3, 0.4) is 0 Å². The molecule has 0 aliphatic rings. The lowest BCUT2D eigenvalue weighted by Crippen LogP contribution is -2.33. The number of hydrogen-bond donors (Lipinski definition) is 1. The first-order valence-corrected chi connectivity index (χ1v) is 5.99. The zero-order valence-electron chi connectivity index (χ0n) is 11.3. The summed E-state index contributed by atoms with van der Waals surface area (Å²) in [5.41, 5.74) is 1.17. The third-order valence-electron chi connectivity index (χ3n) is 2.67. The lowest BCUT2D eigenvalue weighted by Gasteiger charge is -2.25. The minimum absolute atomic E-state index is 0.0994. The molecule has 0 amide bonds. The lowest BCUT2D eigenvalue weighted by molar-refractivity contribution is -0.384. The van der Waals surface area contributed by atoms with Crippen LogP contribution in [0.1, 0.15) is 26.3 Å². The minimum Gasteiger partial charge on any atom is -0.376 e. The summed E-state index contributed by atoms with van der Waals surface area (Å²) in [7, 11) is 0. The molecule has 0 bridgehead atoms. The van der Waals surface area contributed by atoms with Gasteiger partial charge in [-0.05, 0) is 33.3 Å². The zero-order chi connectivity index (χ0) is 13.8. The normalized spacial score (nSPS) is 11.3. The van der Waals surface area contributed by atoms with Gasteiger partial charge in [0, 0.05) is 19.2 Å². The molecule has 100 valence electrons. The Hall–Kier alpha value is -1.62. The van der Waals surface area contributed by atoms with E-state index in [0.29, 0.717) is 18.8 Å². The lowest BCUT2D eigenvalue weighted by atomic mass is 10.1. The molecule has 0 fully saturated rings. The van der Waals surface area contributed by atoms with Gasteiger partial charge in [-0.25, -0.2) is 0 Å².